The molecule has 0 aliphatic rings. The van der Waals surface area contributed by atoms with Crippen LogP contribution in [0.3, 0.4) is 0 Å². The smallest absolute Gasteiger partial charge is 0.126 e. The molecule has 0 heterocycles. The van der Waals surface area contributed by atoms with Crippen LogP contribution in [0.4, 0.5) is 4.39 Å². The highest BCUT2D eigenvalue weighted by Crippen LogP contribution is 2.25. The highest BCUT2D eigenvalue weighted by atomic mass is 19.1. The number of ether oxygens (including phenoxy) is 2. The zero-order valence-electron chi connectivity index (χ0n) is 12.4. The Morgan fingerprint density at radius 2 is 1.95 bits per heavy atom. The molecule has 0 amide bonds. The fourth-order valence-corrected chi connectivity index (χ4v) is 2.04. The molecule has 112 valence electrons. The third-order valence-electron chi connectivity index (χ3n) is 3.31. The Kier molecular flexibility index (Phi) is 4.81. The molecule has 4 heteroatoms. The van der Waals surface area contributed by atoms with Gasteiger partial charge in [-0.15, -0.1) is 0 Å². The molecule has 2 aromatic carbocycles. The average Bonchev–Trinajstić information content (AvgIpc) is 2.48. The minimum absolute atomic E-state index is 0.254. The highest BCUT2D eigenvalue weighted by molar-refractivity contribution is 5.38. The van der Waals surface area contributed by atoms with Crippen molar-refractivity contribution in [1.29, 1.82) is 0 Å². The molecular weight excluding hydrogens is 271 g/mol. The summed E-state index contributed by atoms with van der Waals surface area (Å²) in [6.45, 7) is 3.68. The van der Waals surface area contributed by atoms with Gasteiger partial charge in [-0.3, -0.25) is 0 Å². The lowest BCUT2D eigenvalue weighted by molar-refractivity contribution is 0.198. The van der Waals surface area contributed by atoms with E-state index < -0.39 is 6.10 Å². The monoisotopic (exact) mass is 290 g/mol. The van der Waals surface area contributed by atoms with Gasteiger partial charge in [0.15, 0.2) is 0 Å². The van der Waals surface area contributed by atoms with Crippen LogP contribution in [0.5, 0.6) is 11.5 Å². The molecule has 1 unspecified atom stereocenters. The molecule has 0 aliphatic heterocycles. The summed E-state index contributed by atoms with van der Waals surface area (Å²) in [6, 6.07) is 10.1. The molecule has 2 rings (SSSR count). The molecule has 0 radical (unpaired) electrons. The number of halogens is 1. The summed E-state index contributed by atoms with van der Waals surface area (Å²) >= 11 is 0. The predicted molar refractivity (Wildman–Crippen MR) is 79.1 cm³/mol. The van der Waals surface area contributed by atoms with Gasteiger partial charge < -0.3 is 14.6 Å². The standard InChI is InChI=1S/C17H19FO3/c1-11-8-15(5-6-16(11)18)21-10-14-9-13(12(2)19)4-7-17(14)20-3/h4-9,12,19H,10H2,1-3H3. The second-order valence-electron chi connectivity index (χ2n) is 4.95. The van der Waals surface area contributed by atoms with Gasteiger partial charge in [0.2, 0.25) is 0 Å². The van der Waals surface area contributed by atoms with Gasteiger partial charge in [0.1, 0.15) is 23.9 Å². The number of aliphatic hydroxyl groups is 1. The average molecular weight is 290 g/mol. The summed E-state index contributed by atoms with van der Waals surface area (Å²) < 4.78 is 24.2. The van der Waals surface area contributed by atoms with Crippen LogP contribution in [0.15, 0.2) is 36.4 Å². The van der Waals surface area contributed by atoms with Crippen LogP contribution in [0, 0.1) is 12.7 Å². The summed E-state index contributed by atoms with van der Waals surface area (Å²) in [7, 11) is 1.59. The summed E-state index contributed by atoms with van der Waals surface area (Å²) in [5.41, 5.74) is 2.17. The number of methoxy groups -OCH3 is 1. The molecule has 0 aliphatic carbocycles. The number of benzene rings is 2. The van der Waals surface area contributed by atoms with Gasteiger partial charge in [0.25, 0.3) is 0 Å². The summed E-state index contributed by atoms with van der Waals surface area (Å²) in [5, 5.41) is 9.64. The highest BCUT2D eigenvalue weighted by Gasteiger charge is 2.09. The first-order valence-corrected chi connectivity index (χ1v) is 6.75. The van der Waals surface area contributed by atoms with Crippen LogP contribution >= 0.6 is 0 Å². The van der Waals surface area contributed by atoms with Crippen molar-refractivity contribution in [3.05, 3.63) is 58.9 Å². The van der Waals surface area contributed by atoms with Crippen LogP contribution in [-0.2, 0) is 6.61 Å². The Morgan fingerprint density at radius 3 is 2.57 bits per heavy atom. The quantitative estimate of drug-likeness (QED) is 0.911. The fourth-order valence-electron chi connectivity index (χ4n) is 2.04. The van der Waals surface area contributed by atoms with Crippen LogP contribution in [-0.4, -0.2) is 12.2 Å². The normalized spacial score (nSPS) is 12.0. The van der Waals surface area contributed by atoms with E-state index in [4.69, 9.17) is 9.47 Å². The Hall–Kier alpha value is -2.07. The molecule has 21 heavy (non-hydrogen) atoms. The fraction of sp³-hybridized carbons (Fsp3) is 0.294. The van der Waals surface area contributed by atoms with Gasteiger partial charge in [0, 0.05) is 5.56 Å². The summed E-state index contributed by atoms with van der Waals surface area (Å²) in [6.07, 6.45) is -0.553. The topological polar surface area (TPSA) is 38.7 Å². The minimum Gasteiger partial charge on any atom is -0.496 e. The second-order valence-corrected chi connectivity index (χ2v) is 4.95. The molecule has 0 fully saturated rings. The number of hydrogen-bond acceptors (Lipinski definition) is 3. The summed E-state index contributed by atoms with van der Waals surface area (Å²) in [4.78, 5) is 0. The van der Waals surface area contributed by atoms with Crippen LogP contribution in [0.2, 0.25) is 0 Å². The number of rotatable bonds is 5. The van der Waals surface area contributed by atoms with Gasteiger partial charge in [-0.1, -0.05) is 6.07 Å². The van der Waals surface area contributed by atoms with Crippen molar-refractivity contribution < 1.29 is 19.0 Å². The minimum atomic E-state index is -0.553. The molecule has 0 aromatic heterocycles. The largest absolute Gasteiger partial charge is 0.496 e. The van der Waals surface area contributed by atoms with E-state index in [2.05, 4.69) is 0 Å². The van der Waals surface area contributed by atoms with Crippen molar-refractivity contribution in [3.63, 3.8) is 0 Å². The van der Waals surface area contributed by atoms with E-state index in [1.54, 1.807) is 39.2 Å². The van der Waals surface area contributed by atoms with Crippen molar-refractivity contribution in [3.8, 4) is 11.5 Å². The molecule has 1 N–H and O–H groups in total. The van der Waals surface area contributed by atoms with E-state index >= 15 is 0 Å². The Balaban J connectivity index is 2.17. The molecule has 0 spiro atoms. The van der Waals surface area contributed by atoms with Crippen molar-refractivity contribution in [1.82, 2.24) is 0 Å². The van der Waals surface area contributed by atoms with E-state index in [-0.39, 0.29) is 12.4 Å². The lowest BCUT2D eigenvalue weighted by atomic mass is 10.1. The third-order valence-corrected chi connectivity index (χ3v) is 3.31. The van der Waals surface area contributed by atoms with E-state index in [0.29, 0.717) is 17.1 Å². The lowest BCUT2D eigenvalue weighted by Gasteiger charge is -2.13. The van der Waals surface area contributed by atoms with Gasteiger partial charge in [0.05, 0.1) is 13.2 Å². The summed E-state index contributed by atoms with van der Waals surface area (Å²) in [5.74, 6) is 1.03. The van der Waals surface area contributed by atoms with Crippen molar-refractivity contribution in [2.24, 2.45) is 0 Å². The Labute approximate surface area is 124 Å². The Bertz CT molecular complexity index is 623. The van der Waals surface area contributed by atoms with Crippen LogP contribution < -0.4 is 9.47 Å². The first-order valence-electron chi connectivity index (χ1n) is 6.75. The van der Waals surface area contributed by atoms with Crippen molar-refractivity contribution >= 4 is 0 Å². The van der Waals surface area contributed by atoms with Crippen molar-refractivity contribution in [2.45, 2.75) is 26.6 Å². The third kappa shape index (κ3) is 3.73. The predicted octanol–water partition coefficient (Wildman–Crippen LogP) is 3.78. The maximum atomic E-state index is 13.2. The Morgan fingerprint density at radius 1 is 1.19 bits per heavy atom. The molecule has 1 atom stereocenters. The molecule has 3 nitrogen and oxygen atoms in total. The van der Waals surface area contributed by atoms with E-state index in [9.17, 15) is 9.50 Å². The van der Waals surface area contributed by atoms with Crippen molar-refractivity contribution in [2.75, 3.05) is 7.11 Å². The lowest BCUT2D eigenvalue weighted by Crippen LogP contribution is -2.01. The van der Waals surface area contributed by atoms with E-state index in [1.165, 1.54) is 6.07 Å². The van der Waals surface area contributed by atoms with Crippen LogP contribution in [0.1, 0.15) is 29.7 Å². The second kappa shape index (κ2) is 6.59. The molecule has 2 aromatic rings. The first kappa shape index (κ1) is 15.3. The van der Waals surface area contributed by atoms with Gasteiger partial charge in [-0.05, 0) is 55.3 Å². The molecule has 0 saturated heterocycles. The van der Waals surface area contributed by atoms with Gasteiger partial charge >= 0.3 is 0 Å². The maximum Gasteiger partial charge on any atom is 0.126 e. The van der Waals surface area contributed by atoms with E-state index in [0.717, 1.165) is 11.1 Å². The van der Waals surface area contributed by atoms with Crippen LogP contribution in [0.25, 0.3) is 0 Å². The molecular formula is C17H19FO3. The zero-order chi connectivity index (χ0) is 15.4. The molecule has 0 saturated carbocycles. The number of aliphatic hydroxyl groups excluding tert-OH is 1. The van der Waals surface area contributed by atoms with Gasteiger partial charge in [-0.2, -0.15) is 0 Å². The zero-order valence-corrected chi connectivity index (χ0v) is 12.4. The van der Waals surface area contributed by atoms with Gasteiger partial charge in [-0.25, -0.2) is 4.39 Å². The number of aryl methyl sites for hydroxylation is 1. The van der Waals surface area contributed by atoms with E-state index in [1.807, 2.05) is 12.1 Å². The number of hydrogen-bond donors (Lipinski definition) is 1. The maximum absolute atomic E-state index is 13.2. The first-order chi connectivity index (χ1) is 10.0. The SMILES string of the molecule is COc1ccc(C(C)O)cc1COc1ccc(F)c(C)c1. The molecule has 0 bridgehead atoms.